The number of aliphatic imine (C=N–C) groups is 1. The molecule has 0 spiro atoms. The van der Waals surface area contributed by atoms with Gasteiger partial charge in [-0.1, -0.05) is 35.5 Å². The van der Waals surface area contributed by atoms with Crippen molar-refractivity contribution in [3.8, 4) is 0 Å². The zero-order valence-corrected chi connectivity index (χ0v) is 12.7. The molecule has 0 saturated heterocycles. The van der Waals surface area contributed by atoms with Crippen molar-refractivity contribution in [3.63, 3.8) is 0 Å². The number of hydrogen-bond acceptors (Lipinski definition) is 4. The van der Waals surface area contributed by atoms with Gasteiger partial charge in [-0.3, -0.25) is 0 Å². The van der Waals surface area contributed by atoms with Gasteiger partial charge in [0, 0.05) is 27.1 Å². The summed E-state index contributed by atoms with van der Waals surface area (Å²) in [6, 6.07) is 10.2. The van der Waals surface area contributed by atoms with E-state index in [9.17, 15) is 0 Å². The van der Waals surface area contributed by atoms with Crippen LogP contribution in [0.25, 0.3) is 0 Å². The van der Waals surface area contributed by atoms with Gasteiger partial charge in [0.15, 0.2) is 11.8 Å². The third-order valence-electron chi connectivity index (χ3n) is 2.87. The molecule has 1 heterocycles. The number of nitrogens with zero attached hydrogens (tertiary/aromatic N) is 4. The Kier molecular flexibility index (Phi) is 5.31. The number of guanidine groups is 1. The number of aryl methyl sites for hydroxylation is 1. The lowest BCUT2D eigenvalue weighted by molar-refractivity contribution is 0.374. The Labute approximate surface area is 124 Å². The molecule has 0 amide bonds. The molecule has 6 heteroatoms. The summed E-state index contributed by atoms with van der Waals surface area (Å²) in [5.74, 6) is 2.15. The molecule has 2 rings (SSSR count). The lowest BCUT2D eigenvalue weighted by Crippen LogP contribution is -2.37. The van der Waals surface area contributed by atoms with Crippen molar-refractivity contribution in [1.29, 1.82) is 0 Å². The van der Waals surface area contributed by atoms with Crippen LogP contribution < -0.4 is 5.32 Å². The maximum atomic E-state index is 5.08. The Bertz CT molecular complexity index is 577. The molecule has 112 valence electrons. The van der Waals surface area contributed by atoms with Gasteiger partial charge in [0.25, 0.3) is 0 Å². The molecule has 0 atom stereocenters. The fraction of sp³-hybridized carbons (Fsp3) is 0.400. The molecule has 6 nitrogen and oxygen atoms in total. The van der Waals surface area contributed by atoms with E-state index in [-0.39, 0.29) is 0 Å². The van der Waals surface area contributed by atoms with Crippen LogP contribution in [0.2, 0.25) is 0 Å². The van der Waals surface area contributed by atoms with Gasteiger partial charge < -0.3 is 14.7 Å². The van der Waals surface area contributed by atoms with Crippen molar-refractivity contribution >= 4 is 5.96 Å². The van der Waals surface area contributed by atoms with Crippen molar-refractivity contribution in [2.75, 3.05) is 20.6 Å². The van der Waals surface area contributed by atoms with Crippen LogP contribution in [0.5, 0.6) is 0 Å². The predicted octanol–water partition coefficient (Wildman–Crippen LogP) is 1.63. The standard InChI is InChI=1S/C15H21N5O/c1-12-18-14(21-19-12)9-10-16-15(20(2)3)17-11-13-7-5-4-6-8-13/h4-8H,9-11H2,1-3H3,(H,16,17). The molecule has 0 fully saturated rings. The summed E-state index contributed by atoms with van der Waals surface area (Å²) in [5, 5.41) is 7.07. The number of hydrogen-bond donors (Lipinski definition) is 1. The SMILES string of the molecule is Cc1noc(CCNC(=NCc2ccccc2)N(C)C)n1. The van der Waals surface area contributed by atoms with Crippen molar-refractivity contribution in [2.24, 2.45) is 4.99 Å². The number of rotatable bonds is 5. The Hall–Kier alpha value is -2.37. The molecule has 0 aliphatic carbocycles. The molecule has 1 aromatic heterocycles. The molecule has 1 N–H and O–H groups in total. The minimum atomic E-state index is 0.640. The van der Waals surface area contributed by atoms with Crippen LogP contribution in [-0.2, 0) is 13.0 Å². The maximum Gasteiger partial charge on any atom is 0.228 e. The van der Waals surface area contributed by atoms with E-state index in [0.29, 0.717) is 31.2 Å². The van der Waals surface area contributed by atoms with Crippen molar-refractivity contribution < 1.29 is 4.52 Å². The van der Waals surface area contributed by atoms with Crippen LogP contribution >= 0.6 is 0 Å². The highest BCUT2D eigenvalue weighted by atomic mass is 16.5. The highest BCUT2D eigenvalue weighted by Gasteiger charge is 2.05. The zero-order chi connectivity index (χ0) is 15.1. The van der Waals surface area contributed by atoms with Crippen LogP contribution in [0.4, 0.5) is 0 Å². The summed E-state index contributed by atoms with van der Waals surface area (Å²) >= 11 is 0. The van der Waals surface area contributed by atoms with Gasteiger partial charge in [-0.05, 0) is 12.5 Å². The Morgan fingerprint density at radius 3 is 2.67 bits per heavy atom. The first-order chi connectivity index (χ1) is 10.1. The normalized spacial score (nSPS) is 11.5. The molecular weight excluding hydrogens is 266 g/mol. The lowest BCUT2D eigenvalue weighted by Gasteiger charge is -2.17. The third kappa shape index (κ3) is 4.91. The molecule has 0 unspecified atom stereocenters. The second kappa shape index (κ2) is 7.42. The van der Waals surface area contributed by atoms with Crippen LogP contribution in [0, 0.1) is 6.92 Å². The van der Waals surface area contributed by atoms with Gasteiger partial charge >= 0.3 is 0 Å². The molecule has 0 radical (unpaired) electrons. The molecular formula is C15H21N5O. The second-order valence-corrected chi connectivity index (χ2v) is 4.93. The Morgan fingerprint density at radius 2 is 2.05 bits per heavy atom. The summed E-state index contributed by atoms with van der Waals surface area (Å²) < 4.78 is 5.08. The van der Waals surface area contributed by atoms with Crippen LogP contribution in [-0.4, -0.2) is 41.6 Å². The summed E-state index contributed by atoms with van der Waals surface area (Å²) in [7, 11) is 3.93. The second-order valence-electron chi connectivity index (χ2n) is 4.93. The van der Waals surface area contributed by atoms with Crippen LogP contribution in [0.1, 0.15) is 17.3 Å². The quantitative estimate of drug-likeness (QED) is 0.669. The summed E-state index contributed by atoms with van der Waals surface area (Å²) in [5.41, 5.74) is 1.19. The fourth-order valence-electron chi connectivity index (χ4n) is 1.83. The summed E-state index contributed by atoms with van der Waals surface area (Å²) in [6.45, 7) is 3.17. The summed E-state index contributed by atoms with van der Waals surface area (Å²) in [6.07, 6.45) is 0.680. The Balaban J connectivity index is 1.87. The molecule has 2 aromatic rings. The van der Waals surface area contributed by atoms with E-state index in [1.165, 1.54) is 5.56 Å². The third-order valence-corrected chi connectivity index (χ3v) is 2.87. The predicted molar refractivity (Wildman–Crippen MR) is 82.0 cm³/mol. The number of nitrogens with one attached hydrogen (secondary N) is 1. The highest BCUT2D eigenvalue weighted by Crippen LogP contribution is 2.01. The van der Waals surface area contributed by atoms with Gasteiger partial charge in [-0.15, -0.1) is 0 Å². The monoisotopic (exact) mass is 287 g/mol. The lowest BCUT2D eigenvalue weighted by atomic mass is 10.2. The van der Waals surface area contributed by atoms with E-state index in [0.717, 1.165) is 5.96 Å². The van der Waals surface area contributed by atoms with Crippen LogP contribution in [0.3, 0.4) is 0 Å². The van der Waals surface area contributed by atoms with E-state index in [2.05, 4.69) is 32.6 Å². The van der Waals surface area contributed by atoms with E-state index in [1.807, 2.05) is 44.1 Å². The minimum Gasteiger partial charge on any atom is -0.356 e. The maximum absolute atomic E-state index is 5.08. The van der Waals surface area contributed by atoms with Crippen molar-refractivity contribution in [1.82, 2.24) is 20.4 Å². The zero-order valence-electron chi connectivity index (χ0n) is 12.7. The van der Waals surface area contributed by atoms with E-state index < -0.39 is 0 Å². The van der Waals surface area contributed by atoms with Gasteiger partial charge in [-0.25, -0.2) is 4.99 Å². The smallest absolute Gasteiger partial charge is 0.228 e. The van der Waals surface area contributed by atoms with E-state index >= 15 is 0 Å². The van der Waals surface area contributed by atoms with Gasteiger partial charge in [0.05, 0.1) is 6.54 Å². The number of benzene rings is 1. The van der Waals surface area contributed by atoms with Gasteiger partial charge in [0.2, 0.25) is 5.89 Å². The summed E-state index contributed by atoms with van der Waals surface area (Å²) in [4.78, 5) is 10.7. The first-order valence-electron chi connectivity index (χ1n) is 6.94. The van der Waals surface area contributed by atoms with Crippen molar-refractivity contribution in [2.45, 2.75) is 19.9 Å². The molecule has 0 aliphatic rings. The first kappa shape index (κ1) is 15.0. The molecule has 21 heavy (non-hydrogen) atoms. The Morgan fingerprint density at radius 1 is 1.29 bits per heavy atom. The largest absolute Gasteiger partial charge is 0.356 e. The van der Waals surface area contributed by atoms with E-state index in [1.54, 1.807) is 0 Å². The van der Waals surface area contributed by atoms with Crippen molar-refractivity contribution in [3.05, 3.63) is 47.6 Å². The minimum absolute atomic E-state index is 0.640. The van der Waals surface area contributed by atoms with Gasteiger partial charge in [-0.2, -0.15) is 4.98 Å². The van der Waals surface area contributed by atoms with Crippen LogP contribution in [0.15, 0.2) is 39.8 Å². The highest BCUT2D eigenvalue weighted by molar-refractivity contribution is 5.79. The average molecular weight is 287 g/mol. The fourth-order valence-corrected chi connectivity index (χ4v) is 1.83. The number of aromatic nitrogens is 2. The molecule has 1 aromatic carbocycles. The molecule has 0 bridgehead atoms. The molecule has 0 saturated carbocycles. The first-order valence-corrected chi connectivity index (χ1v) is 6.94. The topological polar surface area (TPSA) is 66.6 Å². The molecule has 0 aliphatic heterocycles. The average Bonchev–Trinajstić information content (AvgIpc) is 2.89. The van der Waals surface area contributed by atoms with Gasteiger partial charge in [0.1, 0.15) is 0 Å². The van der Waals surface area contributed by atoms with E-state index in [4.69, 9.17) is 4.52 Å².